The molecule has 4 aliphatic rings. The first-order chi connectivity index (χ1) is 16.8. The van der Waals surface area contributed by atoms with Crippen molar-refractivity contribution in [1.29, 1.82) is 0 Å². The van der Waals surface area contributed by atoms with E-state index in [0.717, 1.165) is 51.5 Å². The van der Waals surface area contributed by atoms with Gasteiger partial charge in [-0.3, -0.25) is 9.69 Å². The van der Waals surface area contributed by atoms with Crippen molar-refractivity contribution in [3.63, 3.8) is 0 Å². The van der Waals surface area contributed by atoms with Crippen LogP contribution in [0.4, 0.5) is 4.79 Å². The standard InChI is InChI=1S/C29H43N3O3/c1-30(2)29(24-9-4-3-5-10-24)15-13-28(14-16-29)21-31(27(35)32(28)19-22-7-6-8-22)20-25(33)12-11-23-17-26(34)18-23/h3-5,9-10,22-23,26,34H,6-8,11-21H2,1-2H3. The molecule has 3 aliphatic carbocycles. The Hall–Kier alpha value is -1.92. The number of nitrogens with zero attached hydrogens (tertiary/aromatic N) is 3. The van der Waals surface area contributed by atoms with E-state index in [-0.39, 0.29) is 35.5 Å². The molecule has 1 aliphatic heterocycles. The van der Waals surface area contributed by atoms with Gasteiger partial charge in [0.1, 0.15) is 0 Å². The van der Waals surface area contributed by atoms with Crippen LogP contribution in [0.2, 0.25) is 0 Å². The van der Waals surface area contributed by atoms with Crippen LogP contribution in [0.3, 0.4) is 0 Å². The second-order valence-electron chi connectivity index (χ2n) is 12.1. The Morgan fingerprint density at radius 2 is 1.74 bits per heavy atom. The van der Waals surface area contributed by atoms with E-state index >= 15 is 0 Å². The Kier molecular flexibility index (Phi) is 6.97. The number of carbonyl (C=O) groups is 2. The zero-order valence-corrected chi connectivity index (χ0v) is 21.6. The summed E-state index contributed by atoms with van der Waals surface area (Å²) >= 11 is 0. The monoisotopic (exact) mass is 481 g/mol. The normalized spacial score (nSPS) is 33.3. The van der Waals surface area contributed by atoms with Crippen molar-refractivity contribution in [1.82, 2.24) is 14.7 Å². The van der Waals surface area contributed by atoms with Crippen LogP contribution in [-0.2, 0) is 10.3 Å². The van der Waals surface area contributed by atoms with E-state index in [0.29, 0.717) is 24.8 Å². The van der Waals surface area contributed by atoms with E-state index in [9.17, 15) is 14.7 Å². The molecule has 0 radical (unpaired) electrons. The number of rotatable bonds is 9. The van der Waals surface area contributed by atoms with Gasteiger partial charge in [0.2, 0.25) is 0 Å². The third kappa shape index (κ3) is 4.76. The maximum Gasteiger partial charge on any atom is 0.321 e. The predicted molar refractivity (Wildman–Crippen MR) is 137 cm³/mol. The van der Waals surface area contributed by atoms with Crippen molar-refractivity contribution in [2.45, 2.75) is 87.8 Å². The van der Waals surface area contributed by atoms with Crippen LogP contribution in [0.1, 0.15) is 76.2 Å². The maximum absolute atomic E-state index is 13.7. The highest BCUT2D eigenvalue weighted by Gasteiger charge is 2.55. The van der Waals surface area contributed by atoms with E-state index in [1.807, 2.05) is 4.90 Å². The summed E-state index contributed by atoms with van der Waals surface area (Å²) in [5.74, 6) is 1.26. The lowest BCUT2D eigenvalue weighted by molar-refractivity contribution is -0.120. The van der Waals surface area contributed by atoms with E-state index in [4.69, 9.17) is 0 Å². The smallest absolute Gasteiger partial charge is 0.321 e. The first-order valence-electron chi connectivity index (χ1n) is 13.8. The van der Waals surface area contributed by atoms with Crippen LogP contribution in [0.5, 0.6) is 0 Å². The van der Waals surface area contributed by atoms with Gasteiger partial charge in [-0.15, -0.1) is 0 Å². The molecule has 192 valence electrons. The van der Waals surface area contributed by atoms with Gasteiger partial charge in [0, 0.05) is 25.0 Å². The van der Waals surface area contributed by atoms with Crippen molar-refractivity contribution in [3.8, 4) is 0 Å². The fourth-order valence-electron chi connectivity index (χ4n) is 7.10. The maximum atomic E-state index is 13.7. The van der Waals surface area contributed by atoms with Gasteiger partial charge in [0.15, 0.2) is 5.78 Å². The molecule has 3 saturated carbocycles. The van der Waals surface area contributed by atoms with Crippen molar-refractivity contribution in [2.75, 3.05) is 33.7 Å². The highest BCUT2D eigenvalue weighted by molar-refractivity contribution is 5.87. The number of amides is 2. The van der Waals surface area contributed by atoms with Crippen LogP contribution in [0, 0.1) is 11.8 Å². The summed E-state index contributed by atoms with van der Waals surface area (Å²) in [6.07, 6.45) is 10.5. The minimum absolute atomic E-state index is 0.00568. The Labute approximate surface area is 210 Å². The number of ketones is 1. The topological polar surface area (TPSA) is 64.1 Å². The summed E-state index contributed by atoms with van der Waals surface area (Å²) in [4.78, 5) is 32.9. The third-order valence-corrected chi connectivity index (χ3v) is 9.81. The van der Waals surface area contributed by atoms with Gasteiger partial charge in [-0.05, 0) is 89.3 Å². The zero-order valence-electron chi connectivity index (χ0n) is 21.6. The van der Waals surface area contributed by atoms with Gasteiger partial charge in [0.05, 0.1) is 18.2 Å². The van der Waals surface area contributed by atoms with E-state index in [1.165, 1.54) is 24.8 Å². The van der Waals surface area contributed by atoms with Crippen molar-refractivity contribution in [2.24, 2.45) is 11.8 Å². The molecule has 2 amide bonds. The molecule has 5 rings (SSSR count). The largest absolute Gasteiger partial charge is 0.393 e. The highest BCUT2D eigenvalue weighted by atomic mass is 16.3. The third-order valence-electron chi connectivity index (χ3n) is 9.81. The molecular formula is C29H43N3O3. The first-order valence-corrected chi connectivity index (χ1v) is 13.8. The average Bonchev–Trinajstić information content (AvgIpc) is 3.04. The average molecular weight is 482 g/mol. The van der Waals surface area contributed by atoms with Gasteiger partial charge < -0.3 is 14.9 Å². The molecule has 0 aromatic heterocycles. The molecule has 35 heavy (non-hydrogen) atoms. The number of aliphatic hydroxyl groups is 1. The van der Waals surface area contributed by atoms with Gasteiger partial charge in [-0.25, -0.2) is 4.79 Å². The number of hydrogen-bond donors (Lipinski definition) is 1. The number of hydrogen-bond acceptors (Lipinski definition) is 4. The van der Waals surface area contributed by atoms with Gasteiger partial charge in [-0.2, -0.15) is 0 Å². The van der Waals surface area contributed by atoms with E-state index in [2.05, 4.69) is 54.2 Å². The summed E-state index contributed by atoms with van der Waals surface area (Å²) in [5.41, 5.74) is 1.20. The summed E-state index contributed by atoms with van der Waals surface area (Å²) in [6, 6.07) is 10.9. The van der Waals surface area contributed by atoms with E-state index in [1.54, 1.807) is 0 Å². The molecule has 1 N–H and O–H groups in total. The number of carbonyl (C=O) groups excluding carboxylic acids is 2. The highest BCUT2D eigenvalue weighted by Crippen LogP contribution is 2.49. The molecule has 1 spiro atoms. The fraction of sp³-hybridized carbons (Fsp3) is 0.724. The van der Waals surface area contributed by atoms with Gasteiger partial charge in [-0.1, -0.05) is 36.8 Å². The van der Waals surface area contributed by atoms with Crippen molar-refractivity contribution < 1.29 is 14.7 Å². The minimum Gasteiger partial charge on any atom is -0.393 e. The predicted octanol–water partition coefficient (Wildman–Crippen LogP) is 4.41. The molecule has 1 aromatic carbocycles. The number of aliphatic hydroxyl groups excluding tert-OH is 1. The molecule has 1 heterocycles. The molecule has 4 fully saturated rings. The lowest BCUT2D eigenvalue weighted by atomic mass is 9.68. The number of benzene rings is 1. The number of Topliss-reactive ketones (excluding diaryl/α,β-unsaturated/α-hetero) is 1. The molecule has 6 heteroatoms. The molecule has 0 atom stereocenters. The fourth-order valence-corrected chi connectivity index (χ4v) is 7.10. The summed E-state index contributed by atoms with van der Waals surface area (Å²) in [6.45, 7) is 1.78. The van der Waals surface area contributed by atoms with Crippen molar-refractivity contribution in [3.05, 3.63) is 35.9 Å². The molecule has 0 bridgehead atoms. The van der Waals surface area contributed by atoms with Crippen LogP contribution < -0.4 is 0 Å². The Morgan fingerprint density at radius 1 is 1.06 bits per heavy atom. The second kappa shape index (κ2) is 9.85. The Bertz CT molecular complexity index is 899. The summed E-state index contributed by atoms with van der Waals surface area (Å²) in [5, 5.41) is 9.51. The van der Waals surface area contributed by atoms with Crippen LogP contribution in [0.25, 0.3) is 0 Å². The van der Waals surface area contributed by atoms with E-state index < -0.39 is 0 Å². The summed E-state index contributed by atoms with van der Waals surface area (Å²) < 4.78 is 0. The molecule has 6 nitrogen and oxygen atoms in total. The van der Waals surface area contributed by atoms with Crippen LogP contribution in [0.15, 0.2) is 30.3 Å². The minimum atomic E-state index is -0.174. The van der Waals surface area contributed by atoms with Gasteiger partial charge >= 0.3 is 6.03 Å². The van der Waals surface area contributed by atoms with Crippen molar-refractivity contribution >= 4 is 11.8 Å². The lowest BCUT2D eigenvalue weighted by Gasteiger charge is -2.51. The molecule has 1 saturated heterocycles. The quantitative estimate of drug-likeness (QED) is 0.567. The molecule has 1 aromatic rings. The Balaban J connectivity index is 1.29. The van der Waals surface area contributed by atoms with Crippen LogP contribution >= 0.6 is 0 Å². The van der Waals surface area contributed by atoms with Crippen LogP contribution in [-0.4, -0.2) is 77.0 Å². The van der Waals surface area contributed by atoms with Gasteiger partial charge in [0.25, 0.3) is 0 Å². The summed E-state index contributed by atoms with van der Waals surface area (Å²) in [7, 11) is 4.37. The number of urea groups is 1. The SMILES string of the molecule is CN(C)C1(c2ccccc2)CCC2(CC1)CN(CC(=O)CCC1CC(O)C1)C(=O)N2CC1CCC1. The zero-order chi connectivity index (χ0) is 24.6. The molecular weight excluding hydrogens is 438 g/mol. The lowest BCUT2D eigenvalue weighted by Crippen LogP contribution is -2.56. The second-order valence-corrected chi connectivity index (χ2v) is 12.1. The molecule has 0 unspecified atom stereocenters. The Morgan fingerprint density at radius 3 is 2.31 bits per heavy atom. The first kappa shape index (κ1) is 24.8.